The highest BCUT2D eigenvalue weighted by Gasteiger charge is 2.24. The van der Waals surface area contributed by atoms with Crippen molar-refractivity contribution in [1.29, 1.82) is 0 Å². The molecule has 2 aromatic rings. The predicted molar refractivity (Wildman–Crippen MR) is 92.3 cm³/mol. The summed E-state index contributed by atoms with van der Waals surface area (Å²) in [6, 6.07) is 16.0. The van der Waals surface area contributed by atoms with Gasteiger partial charge in [0.15, 0.2) is 0 Å². The van der Waals surface area contributed by atoms with Gasteiger partial charge in [-0.3, -0.25) is 4.79 Å². The molecule has 4 heteroatoms. The molecule has 1 aliphatic rings. The Bertz CT molecular complexity index is 674. The molecule has 2 aromatic carbocycles. The number of amides is 1. The van der Waals surface area contributed by atoms with Crippen LogP contribution in [-0.4, -0.2) is 44.1 Å². The van der Waals surface area contributed by atoms with E-state index in [1.165, 1.54) is 11.3 Å². The lowest BCUT2D eigenvalue weighted by Gasteiger charge is -2.36. The van der Waals surface area contributed by atoms with Crippen LogP contribution < -0.4 is 9.64 Å². The van der Waals surface area contributed by atoms with Gasteiger partial charge in [0.25, 0.3) is 5.91 Å². The van der Waals surface area contributed by atoms with Crippen molar-refractivity contribution in [3.63, 3.8) is 0 Å². The lowest BCUT2D eigenvalue weighted by molar-refractivity contribution is 0.0743. The van der Waals surface area contributed by atoms with E-state index in [0.717, 1.165) is 26.2 Å². The van der Waals surface area contributed by atoms with E-state index in [-0.39, 0.29) is 5.91 Å². The normalized spacial score (nSPS) is 14.7. The van der Waals surface area contributed by atoms with Crippen LogP contribution in [0.3, 0.4) is 0 Å². The van der Waals surface area contributed by atoms with E-state index >= 15 is 0 Å². The topological polar surface area (TPSA) is 32.8 Å². The number of rotatable bonds is 3. The summed E-state index contributed by atoms with van der Waals surface area (Å²) in [6.45, 7) is 5.25. The Balaban J connectivity index is 1.66. The van der Waals surface area contributed by atoms with Crippen molar-refractivity contribution in [3.8, 4) is 5.75 Å². The maximum Gasteiger partial charge on any atom is 0.257 e. The lowest BCUT2D eigenvalue weighted by Crippen LogP contribution is -2.48. The average molecular weight is 310 g/mol. The highest BCUT2D eigenvalue weighted by Crippen LogP contribution is 2.22. The van der Waals surface area contributed by atoms with Crippen molar-refractivity contribution in [2.24, 2.45) is 0 Å². The standard InChI is InChI=1S/C19H22N2O2/c1-15-7-9-16(10-8-15)20-11-13-21(14-12-20)19(22)17-5-3-4-6-18(17)23-2/h3-10H,11-14H2,1-2H3. The highest BCUT2D eigenvalue weighted by molar-refractivity contribution is 5.97. The number of methoxy groups -OCH3 is 1. The smallest absolute Gasteiger partial charge is 0.257 e. The zero-order valence-corrected chi connectivity index (χ0v) is 13.7. The van der Waals surface area contributed by atoms with Gasteiger partial charge in [0.05, 0.1) is 12.7 Å². The van der Waals surface area contributed by atoms with Crippen molar-refractivity contribution in [2.45, 2.75) is 6.92 Å². The number of benzene rings is 2. The zero-order valence-electron chi connectivity index (χ0n) is 13.7. The quantitative estimate of drug-likeness (QED) is 0.874. The van der Waals surface area contributed by atoms with Gasteiger partial charge in [-0.05, 0) is 31.2 Å². The maximum atomic E-state index is 12.7. The molecule has 0 N–H and O–H groups in total. The molecule has 0 bridgehead atoms. The van der Waals surface area contributed by atoms with E-state index < -0.39 is 0 Å². The summed E-state index contributed by atoms with van der Waals surface area (Å²) in [5.41, 5.74) is 3.12. The van der Waals surface area contributed by atoms with Gasteiger partial charge in [0.2, 0.25) is 0 Å². The van der Waals surface area contributed by atoms with E-state index in [9.17, 15) is 4.79 Å². The van der Waals surface area contributed by atoms with E-state index in [4.69, 9.17) is 4.74 Å². The monoisotopic (exact) mass is 310 g/mol. The van der Waals surface area contributed by atoms with Crippen LogP contribution in [0.1, 0.15) is 15.9 Å². The number of piperazine rings is 1. The van der Waals surface area contributed by atoms with E-state index in [1.807, 2.05) is 29.2 Å². The van der Waals surface area contributed by atoms with Gasteiger partial charge < -0.3 is 14.5 Å². The minimum absolute atomic E-state index is 0.0472. The van der Waals surface area contributed by atoms with Crippen LogP contribution in [0.15, 0.2) is 48.5 Å². The predicted octanol–water partition coefficient (Wildman–Crippen LogP) is 2.97. The van der Waals surface area contributed by atoms with Crippen molar-refractivity contribution in [1.82, 2.24) is 4.90 Å². The SMILES string of the molecule is COc1ccccc1C(=O)N1CCN(c2ccc(C)cc2)CC1. The van der Waals surface area contributed by atoms with Crippen LogP contribution in [0.2, 0.25) is 0 Å². The molecular weight excluding hydrogens is 288 g/mol. The number of para-hydroxylation sites is 1. The molecule has 23 heavy (non-hydrogen) atoms. The van der Waals surface area contributed by atoms with E-state index in [2.05, 4.69) is 36.1 Å². The molecule has 0 aliphatic carbocycles. The number of ether oxygens (including phenoxy) is 1. The third kappa shape index (κ3) is 3.31. The fourth-order valence-corrected chi connectivity index (χ4v) is 2.91. The number of carbonyl (C=O) groups is 1. The summed E-state index contributed by atoms with van der Waals surface area (Å²) in [5, 5.41) is 0. The molecular formula is C19H22N2O2. The molecule has 1 fully saturated rings. The summed E-state index contributed by atoms with van der Waals surface area (Å²) in [5.74, 6) is 0.685. The molecule has 0 radical (unpaired) electrons. The Morgan fingerprint density at radius 2 is 1.61 bits per heavy atom. The summed E-state index contributed by atoms with van der Waals surface area (Å²) in [6.07, 6.45) is 0. The van der Waals surface area contributed by atoms with Crippen LogP contribution in [-0.2, 0) is 0 Å². The Hall–Kier alpha value is -2.49. The molecule has 0 saturated carbocycles. The van der Waals surface area contributed by atoms with Crippen molar-refractivity contribution in [3.05, 3.63) is 59.7 Å². The molecule has 1 amide bonds. The minimum Gasteiger partial charge on any atom is -0.496 e. The highest BCUT2D eigenvalue weighted by atomic mass is 16.5. The summed E-state index contributed by atoms with van der Waals surface area (Å²) in [7, 11) is 1.60. The second kappa shape index (κ2) is 6.73. The van der Waals surface area contributed by atoms with Gasteiger partial charge in [-0.15, -0.1) is 0 Å². The number of carbonyl (C=O) groups excluding carboxylic acids is 1. The molecule has 0 aromatic heterocycles. The van der Waals surface area contributed by atoms with Crippen LogP contribution in [0.25, 0.3) is 0 Å². The first-order valence-electron chi connectivity index (χ1n) is 7.93. The zero-order chi connectivity index (χ0) is 16.2. The van der Waals surface area contributed by atoms with Gasteiger partial charge in [-0.2, -0.15) is 0 Å². The third-order valence-corrected chi connectivity index (χ3v) is 4.30. The second-order valence-corrected chi connectivity index (χ2v) is 5.82. The molecule has 3 rings (SSSR count). The largest absolute Gasteiger partial charge is 0.496 e. The Morgan fingerprint density at radius 1 is 0.957 bits per heavy atom. The minimum atomic E-state index is 0.0472. The Kier molecular flexibility index (Phi) is 4.51. The molecule has 1 aliphatic heterocycles. The third-order valence-electron chi connectivity index (χ3n) is 4.30. The second-order valence-electron chi connectivity index (χ2n) is 5.82. The summed E-state index contributed by atoms with van der Waals surface area (Å²) in [4.78, 5) is 16.9. The van der Waals surface area contributed by atoms with Gasteiger partial charge in [-0.25, -0.2) is 0 Å². The molecule has 0 atom stereocenters. The van der Waals surface area contributed by atoms with Gasteiger partial charge >= 0.3 is 0 Å². The number of hydrogen-bond acceptors (Lipinski definition) is 3. The Morgan fingerprint density at radius 3 is 2.26 bits per heavy atom. The summed E-state index contributed by atoms with van der Waals surface area (Å²) >= 11 is 0. The van der Waals surface area contributed by atoms with Crippen LogP contribution in [0, 0.1) is 6.92 Å². The fraction of sp³-hybridized carbons (Fsp3) is 0.316. The first kappa shape index (κ1) is 15.4. The number of hydrogen-bond donors (Lipinski definition) is 0. The van der Waals surface area contributed by atoms with Crippen LogP contribution in [0.4, 0.5) is 5.69 Å². The van der Waals surface area contributed by atoms with Crippen molar-refractivity contribution in [2.75, 3.05) is 38.2 Å². The number of aryl methyl sites for hydroxylation is 1. The first-order chi connectivity index (χ1) is 11.2. The van der Waals surface area contributed by atoms with Gasteiger partial charge in [0, 0.05) is 31.9 Å². The Labute approximate surface area is 137 Å². The van der Waals surface area contributed by atoms with Gasteiger partial charge in [0.1, 0.15) is 5.75 Å². The molecule has 1 heterocycles. The van der Waals surface area contributed by atoms with Crippen LogP contribution >= 0.6 is 0 Å². The maximum absolute atomic E-state index is 12.7. The molecule has 0 spiro atoms. The molecule has 4 nitrogen and oxygen atoms in total. The molecule has 120 valence electrons. The fourth-order valence-electron chi connectivity index (χ4n) is 2.91. The number of nitrogens with zero attached hydrogens (tertiary/aromatic N) is 2. The van der Waals surface area contributed by atoms with E-state index in [1.54, 1.807) is 7.11 Å². The van der Waals surface area contributed by atoms with Crippen molar-refractivity contribution < 1.29 is 9.53 Å². The number of anilines is 1. The van der Waals surface area contributed by atoms with E-state index in [0.29, 0.717) is 11.3 Å². The molecule has 0 unspecified atom stereocenters. The summed E-state index contributed by atoms with van der Waals surface area (Å²) < 4.78 is 5.30. The first-order valence-corrected chi connectivity index (χ1v) is 7.93. The lowest BCUT2D eigenvalue weighted by atomic mass is 10.1. The van der Waals surface area contributed by atoms with Crippen molar-refractivity contribution >= 4 is 11.6 Å². The molecule has 1 saturated heterocycles. The average Bonchev–Trinajstić information content (AvgIpc) is 2.62. The van der Waals surface area contributed by atoms with Crippen LogP contribution in [0.5, 0.6) is 5.75 Å². The van der Waals surface area contributed by atoms with Gasteiger partial charge in [-0.1, -0.05) is 29.8 Å².